The van der Waals surface area contributed by atoms with Gasteiger partial charge in [-0.15, -0.1) is 0 Å². The van der Waals surface area contributed by atoms with Crippen LogP contribution in [0.1, 0.15) is 44.9 Å². The van der Waals surface area contributed by atoms with Crippen LogP contribution in [0.15, 0.2) is 267 Å². The van der Waals surface area contributed by atoms with Crippen molar-refractivity contribution < 1.29 is 0 Å². The molecule has 69 heavy (non-hydrogen) atoms. The second kappa shape index (κ2) is 15.7. The van der Waals surface area contributed by atoms with Gasteiger partial charge in [0.25, 0.3) is 0 Å². The van der Waals surface area contributed by atoms with Gasteiger partial charge in [0, 0.05) is 22.4 Å². The Hall–Kier alpha value is -8.78. The summed E-state index contributed by atoms with van der Waals surface area (Å²) in [4.78, 5) is 0. The Labute approximate surface area is 402 Å². The van der Waals surface area contributed by atoms with Crippen LogP contribution in [0.4, 0.5) is 0 Å². The van der Waals surface area contributed by atoms with E-state index >= 15 is 0 Å². The first kappa shape index (κ1) is 39.4. The lowest BCUT2D eigenvalue weighted by Crippen LogP contribution is -2.28. The Bertz CT molecular complexity index is 3860. The quantitative estimate of drug-likeness (QED) is 0.150. The molecule has 0 saturated carbocycles. The van der Waals surface area contributed by atoms with Crippen molar-refractivity contribution in [2.24, 2.45) is 0 Å². The summed E-state index contributed by atoms with van der Waals surface area (Å²) < 4.78 is 2.49. The highest BCUT2D eigenvalue weighted by Gasteiger charge is 2.47. The van der Waals surface area contributed by atoms with Crippen LogP contribution in [0.2, 0.25) is 0 Å². The maximum atomic E-state index is 2.49. The summed E-state index contributed by atoms with van der Waals surface area (Å²) in [6.07, 6.45) is 0. The zero-order chi connectivity index (χ0) is 45.5. The van der Waals surface area contributed by atoms with Crippen LogP contribution in [-0.2, 0) is 5.41 Å². The highest BCUT2D eigenvalue weighted by atomic mass is 15.0. The lowest BCUT2D eigenvalue weighted by molar-refractivity contribution is 0.769. The van der Waals surface area contributed by atoms with E-state index < -0.39 is 5.41 Å². The fraction of sp³-hybridized carbons (Fsp3) is 0.0294. The van der Waals surface area contributed by atoms with E-state index in [1.54, 1.807) is 0 Å². The SMILES string of the molecule is c1ccc(-c2ccc(C3c4ccccc4-c4cc(-c5ccc6c(c5)c5c7c(ccc5n6-c5ccc(-c6ccccc6)cc5)C(c5ccccc5)(c5ccccc5)c5ccccc5-7)ccc43)cc2)cc1. The first-order chi connectivity index (χ1) is 34.2. The Kier molecular flexibility index (Phi) is 8.94. The fourth-order valence-corrected chi connectivity index (χ4v) is 12.2. The van der Waals surface area contributed by atoms with Crippen LogP contribution in [0.3, 0.4) is 0 Å². The molecule has 0 spiro atoms. The van der Waals surface area contributed by atoms with Crippen molar-refractivity contribution in [2.75, 3.05) is 0 Å². The van der Waals surface area contributed by atoms with Gasteiger partial charge in [0.2, 0.25) is 0 Å². The van der Waals surface area contributed by atoms with E-state index in [9.17, 15) is 0 Å². The average molecular weight is 876 g/mol. The number of hydrogen-bond donors (Lipinski definition) is 0. The molecule has 2 aliphatic rings. The van der Waals surface area contributed by atoms with Gasteiger partial charge in [0.15, 0.2) is 0 Å². The van der Waals surface area contributed by atoms with Gasteiger partial charge in [0.05, 0.1) is 16.4 Å². The maximum Gasteiger partial charge on any atom is 0.0713 e. The first-order valence-corrected chi connectivity index (χ1v) is 24.1. The summed E-state index contributed by atoms with van der Waals surface area (Å²) in [6.45, 7) is 0. The molecule has 0 fully saturated rings. The second-order valence-electron chi connectivity index (χ2n) is 18.7. The number of aromatic nitrogens is 1. The van der Waals surface area contributed by atoms with E-state index in [0.29, 0.717) is 0 Å². The molecule has 11 aromatic carbocycles. The largest absolute Gasteiger partial charge is 0.309 e. The molecule has 1 heterocycles. The molecule has 1 unspecified atom stereocenters. The lowest BCUT2D eigenvalue weighted by atomic mass is 9.67. The van der Waals surface area contributed by atoms with Crippen molar-refractivity contribution in [1.82, 2.24) is 4.57 Å². The highest BCUT2D eigenvalue weighted by molar-refractivity contribution is 6.19. The normalized spacial score (nSPS) is 14.1. The minimum absolute atomic E-state index is 0.168. The molecule has 0 saturated heterocycles. The zero-order valence-electron chi connectivity index (χ0n) is 37.9. The van der Waals surface area contributed by atoms with Crippen LogP contribution in [0, 0.1) is 0 Å². The lowest BCUT2D eigenvalue weighted by Gasteiger charge is -2.33. The summed E-state index contributed by atoms with van der Waals surface area (Å²) in [7, 11) is 0. The van der Waals surface area contributed by atoms with E-state index in [1.807, 2.05) is 0 Å². The van der Waals surface area contributed by atoms with Gasteiger partial charge in [-0.2, -0.15) is 0 Å². The van der Waals surface area contributed by atoms with Crippen molar-refractivity contribution >= 4 is 21.8 Å². The predicted octanol–water partition coefficient (Wildman–Crippen LogP) is 17.3. The van der Waals surface area contributed by atoms with Gasteiger partial charge in [-0.1, -0.05) is 231 Å². The topological polar surface area (TPSA) is 4.93 Å². The molecule has 0 bridgehead atoms. The van der Waals surface area contributed by atoms with Gasteiger partial charge < -0.3 is 4.57 Å². The number of hydrogen-bond acceptors (Lipinski definition) is 0. The molecule has 2 aliphatic carbocycles. The van der Waals surface area contributed by atoms with Crippen molar-refractivity contribution in [3.8, 4) is 61.3 Å². The maximum absolute atomic E-state index is 2.49. The average Bonchev–Trinajstić information content (AvgIpc) is 4.06. The first-order valence-electron chi connectivity index (χ1n) is 24.1. The van der Waals surface area contributed by atoms with E-state index in [2.05, 4.69) is 271 Å². The number of benzene rings is 11. The molecular weight excluding hydrogens is 831 g/mol. The molecule has 1 nitrogen and oxygen atoms in total. The molecule has 0 amide bonds. The molecule has 12 aromatic rings. The van der Waals surface area contributed by atoms with Crippen LogP contribution < -0.4 is 0 Å². The monoisotopic (exact) mass is 875 g/mol. The molecule has 0 aliphatic heterocycles. The molecule has 14 rings (SSSR count). The van der Waals surface area contributed by atoms with E-state index in [0.717, 1.165) is 5.69 Å². The minimum Gasteiger partial charge on any atom is -0.309 e. The number of nitrogens with zero attached hydrogens (tertiary/aromatic N) is 1. The number of fused-ring (bicyclic) bond motifs is 10. The molecule has 1 atom stereocenters. The van der Waals surface area contributed by atoms with E-state index in [1.165, 1.54) is 116 Å². The Balaban J connectivity index is 0.986. The van der Waals surface area contributed by atoms with Crippen LogP contribution in [-0.4, -0.2) is 4.57 Å². The zero-order valence-corrected chi connectivity index (χ0v) is 37.9. The Morgan fingerprint density at radius 2 is 0.812 bits per heavy atom. The highest BCUT2D eigenvalue weighted by Crippen LogP contribution is 2.59. The molecular formula is C68H45N. The molecule has 0 radical (unpaired) electrons. The van der Waals surface area contributed by atoms with Gasteiger partial charge in [0.1, 0.15) is 0 Å². The third kappa shape index (κ3) is 5.97. The van der Waals surface area contributed by atoms with Crippen LogP contribution in [0.5, 0.6) is 0 Å². The van der Waals surface area contributed by atoms with E-state index in [-0.39, 0.29) is 5.92 Å². The predicted molar refractivity (Wildman–Crippen MR) is 287 cm³/mol. The molecule has 0 N–H and O–H groups in total. The standard InChI is InChI=1S/C68H45N/c1-5-17-45(18-6-1)47-29-31-49(32-30-47)65-56-26-14-13-25-55(56)59-43-50(35-39-57(59)65)51-36-41-63-60(44-51)67-64(69(63)54-37-33-48(34-38-54)46-19-7-2-8-20-46)42-40-62-66(67)58-27-15-16-28-61(58)68(62,52-21-9-3-10-22-52)53-23-11-4-12-24-53/h1-44,65H. The van der Waals surface area contributed by atoms with Gasteiger partial charge >= 0.3 is 0 Å². The molecule has 1 heteroatoms. The van der Waals surface area contributed by atoms with Gasteiger partial charge in [-0.3, -0.25) is 0 Å². The van der Waals surface area contributed by atoms with Crippen molar-refractivity contribution in [1.29, 1.82) is 0 Å². The molecule has 1 aromatic heterocycles. The van der Waals surface area contributed by atoms with Crippen molar-refractivity contribution in [3.63, 3.8) is 0 Å². The summed E-state index contributed by atoms with van der Waals surface area (Å²) in [5.74, 6) is 0.168. The van der Waals surface area contributed by atoms with Gasteiger partial charge in [-0.25, -0.2) is 0 Å². The number of rotatable bonds is 7. The van der Waals surface area contributed by atoms with Crippen LogP contribution >= 0.6 is 0 Å². The Morgan fingerprint density at radius 1 is 0.319 bits per heavy atom. The van der Waals surface area contributed by atoms with Crippen molar-refractivity contribution in [3.05, 3.63) is 306 Å². The fourth-order valence-electron chi connectivity index (χ4n) is 12.2. The Morgan fingerprint density at radius 3 is 1.48 bits per heavy atom. The second-order valence-corrected chi connectivity index (χ2v) is 18.7. The summed E-state index contributed by atoms with van der Waals surface area (Å²) >= 11 is 0. The van der Waals surface area contributed by atoms with Gasteiger partial charge in [-0.05, 0) is 131 Å². The third-order valence-corrected chi connectivity index (χ3v) is 15.2. The van der Waals surface area contributed by atoms with E-state index in [4.69, 9.17) is 0 Å². The molecule has 322 valence electrons. The summed E-state index contributed by atoms with van der Waals surface area (Å²) in [5.41, 5.74) is 24.8. The summed E-state index contributed by atoms with van der Waals surface area (Å²) in [5, 5.41) is 2.53. The van der Waals surface area contributed by atoms with Crippen LogP contribution in [0.25, 0.3) is 83.1 Å². The minimum atomic E-state index is -0.502. The summed E-state index contributed by atoms with van der Waals surface area (Å²) in [6, 6.07) is 99.3. The van der Waals surface area contributed by atoms with Crippen molar-refractivity contribution in [2.45, 2.75) is 11.3 Å². The smallest absolute Gasteiger partial charge is 0.0713 e. The third-order valence-electron chi connectivity index (χ3n) is 15.2.